The largest absolute Gasteiger partial charge is 0.504 e. The Bertz CT molecular complexity index is 1140. The molecule has 9 nitrogen and oxygen atoms in total. The van der Waals surface area contributed by atoms with Gasteiger partial charge in [0, 0.05) is 18.1 Å². The topological polar surface area (TPSA) is 119 Å². The Kier molecular flexibility index (Phi) is 7.03. The summed E-state index contributed by atoms with van der Waals surface area (Å²) in [7, 11) is 2.71. The molecule has 0 atom stereocenters. The van der Waals surface area contributed by atoms with E-state index in [9.17, 15) is 9.90 Å². The predicted octanol–water partition coefficient (Wildman–Crippen LogP) is 4.41. The Balaban J connectivity index is 2.06. The summed E-state index contributed by atoms with van der Waals surface area (Å²) in [4.78, 5) is 24.6. The molecular formula is C21H20N4O5S. The first kappa shape index (κ1) is 22.0. The molecule has 0 unspecified atom stereocenters. The molecule has 0 saturated carbocycles. The Hall–Kier alpha value is -3.66. The van der Waals surface area contributed by atoms with Crippen LogP contribution in [0.25, 0.3) is 11.4 Å². The van der Waals surface area contributed by atoms with E-state index < -0.39 is 6.09 Å². The van der Waals surface area contributed by atoms with Crippen LogP contribution in [0, 0.1) is 6.92 Å². The summed E-state index contributed by atoms with van der Waals surface area (Å²) in [5, 5.41) is 14.4. The van der Waals surface area contributed by atoms with Gasteiger partial charge < -0.3 is 19.1 Å². The SMILES string of the molecule is COC(=O)N=C(SC)C(=Nc1ccc(-c2noc(C)n2)cc1)c1ccc(OC)c(O)c1. The van der Waals surface area contributed by atoms with Gasteiger partial charge in [-0.25, -0.2) is 9.79 Å². The van der Waals surface area contributed by atoms with E-state index in [1.54, 1.807) is 37.4 Å². The monoisotopic (exact) mass is 440 g/mol. The molecule has 10 heteroatoms. The van der Waals surface area contributed by atoms with Crippen molar-refractivity contribution in [1.82, 2.24) is 10.1 Å². The highest BCUT2D eigenvalue weighted by atomic mass is 32.2. The minimum atomic E-state index is -0.752. The molecule has 3 rings (SSSR count). The normalized spacial score (nSPS) is 12.0. The summed E-state index contributed by atoms with van der Waals surface area (Å²) in [5.41, 5.74) is 2.31. The summed E-state index contributed by atoms with van der Waals surface area (Å²) < 4.78 is 14.8. The fraction of sp³-hybridized carbons (Fsp3) is 0.190. The van der Waals surface area contributed by atoms with Gasteiger partial charge in [-0.15, -0.1) is 11.8 Å². The minimum absolute atomic E-state index is 0.0611. The number of aliphatic imine (C=N–C) groups is 2. The molecule has 2 aromatic carbocycles. The van der Waals surface area contributed by atoms with Gasteiger partial charge >= 0.3 is 6.09 Å². The number of amides is 1. The fourth-order valence-corrected chi connectivity index (χ4v) is 3.15. The zero-order valence-corrected chi connectivity index (χ0v) is 18.1. The molecule has 1 heterocycles. The van der Waals surface area contributed by atoms with Crippen molar-refractivity contribution in [2.45, 2.75) is 6.92 Å². The second-order valence-corrected chi connectivity index (χ2v) is 6.92. The van der Waals surface area contributed by atoms with Gasteiger partial charge in [-0.2, -0.15) is 9.98 Å². The number of aromatic nitrogens is 2. The molecule has 0 aliphatic rings. The number of benzene rings is 2. The Morgan fingerprint density at radius 2 is 1.90 bits per heavy atom. The van der Waals surface area contributed by atoms with Crippen molar-refractivity contribution in [3.05, 3.63) is 53.9 Å². The first-order valence-corrected chi connectivity index (χ1v) is 10.3. The van der Waals surface area contributed by atoms with Crippen LogP contribution in [0.4, 0.5) is 10.5 Å². The fourth-order valence-electron chi connectivity index (χ4n) is 2.63. The molecule has 160 valence electrons. The van der Waals surface area contributed by atoms with Crippen LogP contribution in [0.3, 0.4) is 0 Å². The van der Waals surface area contributed by atoms with E-state index >= 15 is 0 Å². The average molecular weight is 440 g/mol. The summed E-state index contributed by atoms with van der Waals surface area (Å²) in [5.74, 6) is 1.21. The van der Waals surface area contributed by atoms with E-state index in [4.69, 9.17) is 9.26 Å². The van der Waals surface area contributed by atoms with Gasteiger partial charge in [-0.05, 0) is 48.7 Å². The first-order valence-electron chi connectivity index (χ1n) is 9.03. The highest BCUT2D eigenvalue weighted by Crippen LogP contribution is 2.29. The molecule has 0 spiro atoms. The summed E-state index contributed by atoms with van der Waals surface area (Å²) in [6.07, 6.45) is 1.01. The van der Waals surface area contributed by atoms with Gasteiger partial charge in [-0.1, -0.05) is 5.16 Å². The van der Waals surface area contributed by atoms with Gasteiger partial charge in [-0.3, -0.25) is 0 Å². The lowest BCUT2D eigenvalue weighted by Crippen LogP contribution is -2.14. The molecule has 0 aliphatic heterocycles. The lowest BCUT2D eigenvalue weighted by atomic mass is 10.1. The number of ether oxygens (including phenoxy) is 2. The molecular weight excluding hydrogens is 420 g/mol. The number of phenols is 1. The number of hydrogen-bond acceptors (Lipinski definition) is 9. The molecule has 1 aromatic heterocycles. The number of methoxy groups -OCH3 is 2. The van der Waals surface area contributed by atoms with Crippen molar-refractivity contribution in [2.75, 3.05) is 20.5 Å². The lowest BCUT2D eigenvalue weighted by Gasteiger charge is -2.11. The number of phenolic OH excluding ortho intramolecular Hbond substituents is 1. The molecule has 31 heavy (non-hydrogen) atoms. The number of aryl methyl sites for hydroxylation is 1. The Labute approximate surface area is 182 Å². The molecule has 0 aliphatic carbocycles. The highest BCUT2D eigenvalue weighted by Gasteiger charge is 2.16. The van der Waals surface area contributed by atoms with E-state index in [1.165, 1.54) is 32.0 Å². The highest BCUT2D eigenvalue weighted by molar-refractivity contribution is 8.15. The number of nitrogens with zero attached hydrogens (tertiary/aromatic N) is 4. The van der Waals surface area contributed by atoms with Crippen molar-refractivity contribution in [3.63, 3.8) is 0 Å². The van der Waals surface area contributed by atoms with Crippen molar-refractivity contribution >= 4 is 34.3 Å². The number of carbonyl (C=O) groups excluding carboxylic acids is 1. The zero-order valence-electron chi connectivity index (χ0n) is 17.3. The van der Waals surface area contributed by atoms with Gasteiger partial charge in [0.15, 0.2) is 11.5 Å². The third kappa shape index (κ3) is 5.28. The van der Waals surface area contributed by atoms with E-state index in [-0.39, 0.29) is 5.75 Å². The summed E-state index contributed by atoms with van der Waals surface area (Å²) in [6.45, 7) is 1.72. The van der Waals surface area contributed by atoms with Crippen LogP contribution < -0.4 is 4.74 Å². The maximum Gasteiger partial charge on any atom is 0.434 e. The molecule has 3 aromatic rings. The van der Waals surface area contributed by atoms with Crippen LogP contribution in [0.15, 0.2) is 57.0 Å². The second kappa shape index (κ2) is 9.90. The van der Waals surface area contributed by atoms with Crippen LogP contribution in [-0.2, 0) is 4.74 Å². The Morgan fingerprint density at radius 3 is 2.45 bits per heavy atom. The van der Waals surface area contributed by atoms with Crippen LogP contribution in [0.2, 0.25) is 0 Å². The average Bonchev–Trinajstić information content (AvgIpc) is 3.22. The van der Waals surface area contributed by atoms with Crippen molar-refractivity contribution in [3.8, 4) is 22.9 Å². The Morgan fingerprint density at radius 1 is 1.16 bits per heavy atom. The van der Waals surface area contributed by atoms with Crippen LogP contribution in [0.5, 0.6) is 11.5 Å². The zero-order chi connectivity index (χ0) is 22.4. The van der Waals surface area contributed by atoms with Crippen LogP contribution in [0.1, 0.15) is 11.5 Å². The second-order valence-electron chi connectivity index (χ2n) is 6.12. The number of rotatable bonds is 5. The van der Waals surface area contributed by atoms with E-state index in [0.29, 0.717) is 39.5 Å². The minimum Gasteiger partial charge on any atom is -0.504 e. The van der Waals surface area contributed by atoms with E-state index in [2.05, 4.69) is 24.9 Å². The molecule has 1 amide bonds. The number of hydrogen-bond donors (Lipinski definition) is 1. The third-order valence-electron chi connectivity index (χ3n) is 4.11. The third-order valence-corrected chi connectivity index (χ3v) is 4.78. The molecule has 0 radical (unpaired) electrons. The quantitative estimate of drug-likeness (QED) is 0.458. The maximum atomic E-state index is 11.8. The van der Waals surface area contributed by atoms with Crippen LogP contribution >= 0.6 is 11.8 Å². The van der Waals surface area contributed by atoms with Gasteiger partial charge in [0.05, 0.1) is 19.9 Å². The molecule has 0 fully saturated rings. The predicted molar refractivity (Wildman–Crippen MR) is 119 cm³/mol. The number of carbonyl (C=O) groups is 1. The summed E-state index contributed by atoms with van der Waals surface area (Å²) in [6, 6.07) is 12.0. The lowest BCUT2D eigenvalue weighted by molar-refractivity contribution is 0.183. The smallest absolute Gasteiger partial charge is 0.434 e. The van der Waals surface area contributed by atoms with Gasteiger partial charge in [0.1, 0.15) is 10.8 Å². The van der Waals surface area contributed by atoms with Crippen molar-refractivity contribution < 1.29 is 23.9 Å². The molecule has 0 saturated heterocycles. The van der Waals surface area contributed by atoms with E-state index in [1.807, 2.05) is 12.1 Å². The maximum absolute atomic E-state index is 11.8. The van der Waals surface area contributed by atoms with Gasteiger partial charge in [0.2, 0.25) is 11.7 Å². The first-order chi connectivity index (χ1) is 14.9. The van der Waals surface area contributed by atoms with Crippen LogP contribution in [-0.4, -0.2) is 52.6 Å². The number of thioether (sulfide) groups is 1. The van der Waals surface area contributed by atoms with Crippen molar-refractivity contribution in [2.24, 2.45) is 9.98 Å². The molecule has 1 N–H and O–H groups in total. The van der Waals surface area contributed by atoms with E-state index in [0.717, 1.165) is 5.56 Å². The molecule has 0 bridgehead atoms. The van der Waals surface area contributed by atoms with Gasteiger partial charge in [0.25, 0.3) is 0 Å². The summed E-state index contributed by atoms with van der Waals surface area (Å²) >= 11 is 1.23. The van der Waals surface area contributed by atoms with Crippen molar-refractivity contribution in [1.29, 1.82) is 0 Å². The standard InChI is InChI=1S/C21H20N4O5S/c1-12-22-19(25-30-12)13-5-8-15(9-6-13)23-18(20(31-4)24-21(27)29-3)14-7-10-17(28-2)16(26)11-14/h5-11,26H,1-4H3. The number of aromatic hydroxyl groups is 1.